The molecule has 0 radical (unpaired) electrons. The molecule has 0 aliphatic carbocycles. The largest absolute Gasteiger partial charge is 0.444 e. The first-order valence-electron chi connectivity index (χ1n) is 11.8. The SMILES string of the molecule is CC(C)(C)OC(=O)N[C@@H](c1nc(-c2cc(F)ccc2F)cn1Cc1ccccc1)C1CCOCC1. The van der Waals surface area contributed by atoms with Crippen molar-refractivity contribution in [3.05, 3.63) is 77.8 Å². The Hall–Kier alpha value is -3.26. The van der Waals surface area contributed by atoms with Gasteiger partial charge in [0.2, 0.25) is 0 Å². The van der Waals surface area contributed by atoms with Crippen LogP contribution in [-0.2, 0) is 16.0 Å². The summed E-state index contributed by atoms with van der Waals surface area (Å²) in [6.07, 6.45) is 2.61. The van der Waals surface area contributed by atoms with Crippen LogP contribution in [0.1, 0.15) is 51.0 Å². The molecule has 2 heterocycles. The summed E-state index contributed by atoms with van der Waals surface area (Å²) in [6.45, 7) is 7.01. The van der Waals surface area contributed by atoms with Gasteiger partial charge in [-0.25, -0.2) is 18.6 Å². The van der Waals surface area contributed by atoms with Gasteiger partial charge >= 0.3 is 6.09 Å². The van der Waals surface area contributed by atoms with Gasteiger partial charge in [0.25, 0.3) is 0 Å². The molecule has 1 atom stereocenters. The minimum absolute atomic E-state index is 0.0402. The van der Waals surface area contributed by atoms with E-state index in [4.69, 9.17) is 14.5 Å². The molecule has 3 aromatic rings. The molecule has 1 aliphatic heterocycles. The third-order valence-electron chi connectivity index (χ3n) is 5.90. The number of aromatic nitrogens is 2. The Bertz CT molecular complexity index is 1150. The fraction of sp³-hybridized carbons (Fsp3) is 0.407. The van der Waals surface area contributed by atoms with Crippen LogP contribution >= 0.6 is 0 Å². The van der Waals surface area contributed by atoms with Crippen LogP contribution in [0.2, 0.25) is 0 Å². The number of imidazole rings is 1. The minimum atomic E-state index is -0.667. The maximum absolute atomic E-state index is 14.7. The predicted molar refractivity (Wildman–Crippen MR) is 129 cm³/mol. The monoisotopic (exact) mass is 483 g/mol. The third-order valence-corrected chi connectivity index (χ3v) is 5.90. The third kappa shape index (κ3) is 6.45. The van der Waals surface area contributed by atoms with E-state index < -0.39 is 29.4 Å². The van der Waals surface area contributed by atoms with Gasteiger partial charge < -0.3 is 19.4 Å². The lowest BCUT2D eigenvalue weighted by atomic mass is 9.91. The Morgan fingerprint density at radius 1 is 1.17 bits per heavy atom. The van der Waals surface area contributed by atoms with Gasteiger partial charge in [-0.05, 0) is 63.3 Å². The number of carbonyl (C=O) groups excluding carboxylic acids is 1. The zero-order valence-corrected chi connectivity index (χ0v) is 20.3. The van der Waals surface area contributed by atoms with E-state index in [0.29, 0.717) is 31.3 Å². The molecule has 0 bridgehead atoms. The molecule has 0 saturated carbocycles. The summed E-state index contributed by atoms with van der Waals surface area (Å²) in [5, 5.41) is 3.01. The van der Waals surface area contributed by atoms with Gasteiger partial charge in [-0.2, -0.15) is 0 Å². The number of nitrogens with one attached hydrogen (secondary N) is 1. The van der Waals surface area contributed by atoms with Crippen LogP contribution in [0.3, 0.4) is 0 Å². The van der Waals surface area contributed by atoms with Crippen LogP contribution in [0.15, 0.2) is 54.7 Å². The molecule has 0 spiro atoms. The van der Waals surface area contributed by atoms with Crippen LogP contribution in [0, 0.1) is 17.6 Å². The van der Waals surface area contributed by atoms with E-state index in [1.807, 2.05) is 34.9 Å². The first-order chi connectivity index (χ1) is 16.7. The van der Waals surface area contributed by atoms with Crippen molar-refractivity contribution >= 4 is 6.09 Å². The van der Waals surface area contributed by atoms with Crippen molar-refractivity contribution in [1.29, 1.82) is 0 Å². The van der Waals surface area contributed by atoms with Crippen LogP contribution < -0.4 is 5.32 Å². The fourth-order valence-electron chi connectivity index (χ4n) is 4.29. The molecule has 4 rings (SSSR count). The molecule has 1 saturated heterocycles. The number of halogens is 2. The second-order valence-corrected chi connectivity index (χ2v) is 9.80. The van der Waals surface area contributed by atoms with Gasteiger partial charge in [0, 0.05) is 31.5 Å². The Morgan fingerprint density at radius 2 is 1.89 bits per heavy atom. The molecule has 1 aromatic heterocycles. The summed E-state index contributed by atoms with van der Waals surface area (Å²) >= 11 is 0. The van der Waals surface area contributed by atoms with E-state index >= 15 is 0 Å². The Morgan fingerprint density at radius 3 is 2.57 bits per heavy atom. The molecule has 1 aliphatic rings. The van der Waals surface area contributed by atoms with Crippen molar-refractivity contribution in [3.63, 3.8) is 0 Å². The molecule has 6 nitrogen and oxygen atoms in total. The molecule has 2 aromatic carbocycles. The van der Waals surface area contributed by atoms with E-state index in [1.54, 1.807) is 27.0 Å². The summed E-state index contributed by atoms with van der Waals surface area (Å²) in [4.78, 5) is 17.6. The molecule has 1 fully saturated rings. The highest BCUT2D eigenvalue weighted by molar-refractivity contribution is 5.68. The van der Waals surface area contributed by atoms with Crippen molar-refractivity contribution in [2.45, 2.75) is 51.8 Å². The topological polar surface area (TPSA) is 65.4 Å². The summed E-state index contributed by atoms with van der Waals surface area (Å²) in [7, 11) is 0. The van der Waals surface area contributed by atoms with Crippen LogP contribution in [-0.4, -0.2) is 34.5 Å². The zero-order valence-electron chi connectivity index (χ0n) is 20.3. The van der Waals surface area contributed by atoms with Crippen LogP contribution in [0.4, 0.5) is 13.6 Å². The van der Waals surface area contributed by atoms with Gasteiger partial charge in [-0.3, -0.25) is 0 Å². The Labute approximate surface area is 204 Å². The van der Waals surface area contributed by atoms with Gasteiger partial charge in [0.1, 0.15) is 23.1 Å². The fourth-order valence-corrected chi connectivity index (χ4v) is 4.29. The average molecular weight is 484 g/mol. The normalized spacial score (nSPS) is 15.6. The molecule has 1 amide bonds. The Kier molecular flexibility index (Phi) is 7.50. The van der Waals surface area contributed by atoms with Crippen LogP contribution in [0.5, 0.6) is 0 Å². The number of carbonyl (C=O) groups is 1. The molecule has 8 heteroatoms. The Balaban J connectivity index is 1.77. The van der Waals surface area contributed by atoms with E-state index in [-0.39, 0.29) is 11.5 Å². The van der Waals surface area contributed by atoms with Crippen LogP contribution in [0.25, 0.3) is 11.3 Å². The summed E-state index contributed by atoms with van der Waals surface area (Å²) < 4.78 is 41.6. The van der Waals surface area contributed by atoms with E-state index in [1.165, 1.54) is 0 Å². The smallest absolute Gasteiger partial charge is 0.408 e. The van der Waals surface area contributed by atoms with Gasteiger partial charge in [-0.15, -0.1) is 0 Å². The number of benzene rings is 2. The van der Waals surface area contributed by atoms with E-state index in [2.05, 4.69) is 5.32 Å². The number of rotatable bonds is 6. The van der Waals surface area contributed by atoms with Crippen molar-refractivity contribution < 1.29 is 23.0 Å². The van der Waals surface area contributed by atoms with Crippen molar-refractivity contribution in [1.82, 2.24) is 14.9 Å². The van der Waals surface area contributed by atoms with Gasteiger partial charge in [-0.1, -0.05) is 30.3 Å². The molecule has 0 unspecified atom stereocenters. The second-order valence-electron chi connectivity index (χ2n) is 9.80. The maximum atomic E-state index is 14.7. The lowest BCUT2D eigenvalue weighted by Crippen LogP contribution is -2.40. The summed E-state index contributed by atoms with van der Waals surface area (Å²) in [6, 6.07) is 12.6. The highest BCUT2D eigenvalue weighted by atomic mass is 19.1. The molecular weight excluding hydrogens is 452 g/mol. The highest BCUT2D eigenvalue weighted by Gasteiger charge is 2.32. The lowest BCUT2D eigenvalue weighted by Gasteiger charge is -2.31. The zero-order chi connectivity index (χ0) is 25.0. The molecule has 1 N–H and O–H groups in total. The maximum Gasteiger partial charge on any atom is 0.408 e. The molecule has 186 valence electrons. The van der Waals surface area contributed by atoms with Crippen molar-refractivity contribution in [2.75, 3.05) is 13.2 Å². The second kappa shape index (κ2) is 10.6. The first-order valence-corrected chi connectivity index (χ1v) is 11.8. The number of alkyl carbamates (subject to hydrolysis) is 1. The molecular formula is C27H31F2N3O3. The van der Waals surface area contributed by atoms with Gasteiger partial charge in [0.05, 0.1) is 11.7 Å². The highest BCUT2D eigenvalue weighted by Crippen LogP contribution is 2.33. The van der Waals surface area contributed by atoms with Crippen molar-refractivity contribution in [2.24, 2.45) is 5.92 Å². The minimum Gasteiger partial charge on any atom is -0.444 e. The lowest BCUT2D eigenvalue weighted by molar-refractivity contribution is 0.0336. The number of amides is 1. The van der Waals surface area contributed by atoms with Crippen molar-refractivity contribution in [3.8, 4) is 11.3 Å². The number of hydrogen-bond donors (Lipinski definition) is 1. The average Bonchev–Trinajstić information content (AvgIpc) is 3.22. The summed E-state index contributed by atoms with van der Waals surface area (Å²) in [5.41, 5.74) is 0.719. The number of hydrogen-bond acceptors (Lipinski definition) is 4. The summed E-state index contributed by atoms with van der Waals surface area (Å²) in [5.74, 6) is -0.512. The number of ether oxygens (including phenoxy) is 2. The first kappa shape index (κ1) is 24.9. The quantitative estimate of drug-likeness (QED) is 0.476. The number of nitrogens with zero attached hydrogens (tertiary/aromatic N) is 2. The molecule has 35 heavy (non-hydrogen) atoms. The standard InChI is InChI=1S/C27H31F2N3O3/c1-27(2,3)35-26(33)31-24(19-11-13-34-14-12-19)25-30-23(21-15-20(28)9-10-22(21)29)17-32(25)16-18-7-5-4-6-8-18/h4-10,15,17,19,24H,11-14,16H2,1-3H3,(H,31,33)/t24-/m1/s1. The van der Waals surface area contributed by atoms with E-state index in [0.717, 1.165) is 36.6 Å². The predicted octanol–water partition coefficient (Wildman–Crippen LogP) is 5.87. The van der Waals surface area contributed by atoms with Gasteiger partial charge in [0.15, 0.2) is 0 Å². The van der Waals surface area contributed by atoms with E-state index in [9.17, 15) is 13.6 Å².